The molecule has 1 fully saturated rings. The summed E-state index contributed by atoms with van der Waals surface area (Å²) in [6.07, 6.45) is 6.37. The lowest BCUT2D eigenvalue weighted by molar-refractivity contribution is 0.260. The Morgan fingerprint density at radius 2 is 1.83 bits per heavy atom. The van der Waals surface area contributed by atoms with Gasteiger partial charge in [0.2, 0.25) is 0 Å². The van der Waals surface area contributed by atoms with E-state index >= 15 is 0 Å². The molecule has 0 amide bonds. The number of nitrogens with zero attached hydrogens (tertiary/aromatic N) is 8. The van der Waals surface area contributed by atoms with E-state index in [-0.39, 0.29) is 0 Å². The van der Waals surface area contributed by atoms with E-state index in [9.17, 15) is 0 Å². The van der Waals surface area contributed by atoms with Crippen LogP contribution in [0.25, 0.3) is 11.2 Å². The molecule has 0 atom stereocenters. The van der Waals surface area contributed by atoms with Crippen molar-refractivity contribution in [2.45, 2.75) is 6.42 Å². The van der Waals surface area contributed by atoms with Crippen molar-refractivity contribution < 1.29 is 0 Å². The van der Waals surface area contributed by atoms with Crippen LogP contribution in [-0.2, 0) is 13.5 Å². The van der Waals surface area contributed by atoms with Crippen molar-refractivity contribution in [1.82, 2.24) is 34.8 Å². The fourth-order valence-corrected chi connectivity index (χ4v) is 3.09. The van der Waals surface area contributed by atoms with Crippen molar-refractivity contribution >= 4 is 17.0 Å². The predicted molar refractivity (Wildman–Crippen MR) is 90.7 cm³/mol. The molecule has 0 radical (unpaired) electrons. The molecule has 1 aliphatic heterocycles. The highest BCUT2D eigenvalue weighted by Gasteiger charge is 2.21. The lowest BCUT2D eigenvalue weighted by Gasteiger charge is -2.35. The molecule has 0 unspecified atom stereocenters. The van der Waals surface area contributed by atoms with E-state index in [0.29, 0.717) is 0 Å². The third kappa shape index (κ3) is 2.92. The van der Waals surface area contributed by atoms with Crippen molar-refractivity contribution in [3.8, 4) is 0 Å². The van der Waals surface area contributed by atoms with Gasteiger partial charge in [-0.05, 0) is 24.1 Å². The maximum atomic E-state index is 4.44. The first-order valence-corrected chi connectivity index (χ1v) is 8.18. The van der Waals surface area contributed by atoms with Crippen molar-refractivity contribution in [3.63, 3.8) is 0 Å². The minimum absolute atomic E-state index is 0.778. The van der Waals surface area contributed by atoms with Crippen LogP contribution in [0.3, 0.4) is 0 Å². The molecular formula is C16H20N8. The number of rotatable bonds is 4. The quantitative estimate of drug-likeness (QED) is 0.692. The maximum Gasteiger partial charge on any atom is 0.183 e. The van der Waals surface area contributed by atoms with Gasteiger partial charge >= 0.3 is 0 Å². The van der Waals surface area contributed by atoms with Crippen LogP contribution in [0.15, 0.2) is 30.9 Å². The summed E-state index contributed by atoms with van der Waals surface area (Å²) in [5.41, 5.74) is 2.90. The second kappa shape index (κ2) is 6.48. The molecule has 3 aromatic heterocycles. The Hall–Kier alpha value is -2.61. The molecule has 0 saturated carbocycles. The monoisotopic (exact) mass is 324 g/mol. The van der Waals surface area contributed by atoms with E-state index in [4.69, 9.17) is 0 Å². The van der Waals surface area contributed by atoms with Gasteiger partial charge in [-0.1, -0.05) is 5.21 Å². The van der Waals surface area contributed by atoms with Crippen LogP contribution in [-0.4, -0.2) is 67.6 Å². The minimum atomic E-state index is 0.778. The second-order valence-corrected chi connectivity index (χ2v) is 6.02. The highest BCUT2D eigenvalue weighted by Crippen LogP contribution is 2.21. The number of hydrogen-bond donors (Lipinski definition) is 0. The van der Waals surface area contributed by atoms with Crippen molar-refractivity contribution in [3.05, 3.63) is 36.4 Å². The summed E-state index contributed by atoms with van der Waals surface area (Å²) in [6, 6.07) is 4.17. The molecule has 4 rings (SSSR count). The summed E-state index contributed by atoms with van der Waals surface area (Å²) in [4.78, 5) is 17.5. The molecule has 124 valence electrons. The second-order valence-electron chi connectivity index (χ2n) is 6.02. The van der Waals surface area contributed by atoms with E-state index < -0.39 is 0 Å². The van der Waals surface area contributed by atoms with Gasteiger partial charge in [0.1, 0.15) is 6.33 Å². The van der Waals surface area contributed by atoms with E-state index in [1.165, 1.54) is 5.56 Å². The van der Waals surface area contributed by atoms with Gasteiger partial charge in [-0.3, -0.25) is 9.88 Å². The number of fused-ring (bicyclic) bond motifs is 1. The number of aromatic nitrogens is 6. The van der Waals surface area contributed by atoms with Gasteiger partial charge < -0.3 is 4.90 Å². The van der Waals surface area contributed by atoms with Gasteiger partial charge in [-0.2, -0.15) is 0 Å². The van der Waals surface area contributed by atoms with Crippen LogP contribution in [0.2, 0.25) is 0 Å². The van der Waals surface area contributed by atoms with Gasteiger partial charge in [-0.25, -0.2) is 14.6 Å². The molecule has 0 spiro atoms. The van der Waals surface area contributed by atoms with Crippen molar-refractivity contribution in [2.24, 2.45) is 7.05 Å². The lowest BCUT2D eigenvalue weighted by Crippen LogP contribution is -2.47. The molecule has 4 heterocycles. The lowest BCUT2D eigenvalue weighted by atomic mass is 10.2. The summed E-state index contributed by atoms with van der Waals surface area (Å²) in [6.45, 7) is 5.01. The number of pyridine rings is 1. The van der Waals surface area contributed by atoms with Crippen LogP contribution in [0.1, 0.15) is 5.56 Å². The Kier molecular flexibility index (Phi) is 4.04. The Balaban J connectivity index is 1.39. The van der Waals surface area contributed by atoms with Crippen LogP contribution in [0, 0.1) is 0 Å². The van der Waals surface area contributed by atoms with E-state index in [0.717, 1.165) is 56.1 Å². The Morgan fingerprint density at radius 3 is 2.62 bits per heavy atom. The molecule has 1 aliphatic rings. The van der Waals surface area contributed by atoms with Gasteiger partial charge in [0, 0.05) is 52.2 Å². The van der Waals surface area contributed by atoms with Gasteiger partial charge in [-0.15, -0.1) is 5.10 Å². The largest absolute Gasteiger partial charge is 0.352 e. The van der Waals surface area contributed by atoms with E-state index in [1.807, 2.05) is 19.4 Å². The SMILES string of the molecule is Cn1nnc2c(N3CCN(CCc4ccncc4)CC3)ncnc21. The number of aryl methyl sites for hydroxylation is 1. The zero-order chi connectivity index (χ0) is 16.4. The zero-order valence-electron chi connectivity index (χ0n) is 13.7. The number of piperazine rings is 1. The third-order valence-corrected chi connectivity index (χ3v) is 4.51. The number of hydrogen-bond acceptors (Lipinski definition) is 7. The van der Waals surface area contributed by atoms with Crippen molar-refractivity contribution in [1.29, 1.82) is 0 Å². The fraction of sp³-hybridized carbons (Fsp3) is 0.438. The highest BCUT2D eigenvalue weighted by molar-refractivity contribution is 5.82. The third-order valence-electron chi connectivity index (χ3n) is 4.51. The Morgan fingerprint density at radius 1 is 1.04 bits per heavy atom. The average molecular weight is 324 g/mol. The molecule has 8 heteroatoms. The molecule has 1 saturated heterocycles. The van der Waals surface area contributed by atoms with Crippen LogP contribution >= 0.6 is 0 Å². The molecule has 0 aliphatic carbocycles. The normalized spacial score (nSPS) is 16.0. The molecule has 24 heavy (non-hydrogen) atoms. The first-order chi connectivity index (χ1) is 11.8. The average Bonchev–Trinajstić information content (AvgIpc) is 3.03. The summed E-state index contributed by atoms with van der Waals surface area (Å²) in [5.74, 6) is 0.891. The molecule has 8 nitrogen and oxygen atoms in total. The van der Waals surface area contributed by atoms with Gasteiger partial charge in [0.15, 0.2) is 17.0 Å². The molecule has 0 aromatic carbocycles. The van der Waals surface area contributed by atoms with Crippen LogP contribution < -0.4 is 4.90 Å². The van der Waals surface area contributed by atoms with E-state index in [1.54, 1.807) is 11.0 Å². The summed E-state index contributed by atoms with van der Waals surface area (Å²) in [5, 5.41) is 8.27. The zero-order valence-corrected chi connectivity index (χ0v) is 13.7. The minimum Gasteiger partial charge on any atom is -0.352 e. The first-order valence-electron chi connectivity index (χ1n) is 8.18. The standard InChI is InChI=1S/C16H20N8/c1-22-15-14(20-21-22)16(19-12-18-15)24-10-8-23(9-11-24)7-4-13-2-5-17-6-3-13/h2-3,5-6,12H,4,7-11H2,1H3. The summed E-state index contributed by atoms with van der Waals surface area (Å²) >= 11 is 0. The molecule has 0 bridgehead atoms. The van der Waals surface area contributed by atoms with Gasteiger partial charge in [0.05, 0.1) is 0 Å². The molecular weight excluding hydrogens is 304 g/mol. The highest BCUT2D eigenvalue weighted by atomic mass is 15.4. The van der Waals surface area contributed by atoms with Gasteiger partial charge in [0.25, 0.3) is 0 Å². The van der Waals surface area contributed by atoms with Crippen LogP contribution in [0.4, 0.5) is 5.82 Å². The molecule has 3 aromatic rings. The predicted octanol–water partition coefficient (Wildman–Crippen LogP) is 0.518. The summed E-state index contributed by atoms with van der Waals surface area (Å²) in [7, 11) is 1.85. The Labute approximate surface area is 140 Å². The molecule has 0 N–H and O–H groups in total. The topological polar surface area (TPSA) is 75.9 Å². The Bertz CT molecular complexity index is 807. The first kappa shape index (κ1) is 14.9. The van der Waals surface area contributed by atoms with Crippen molar-refractivity contribution in [2.75, 3.05) is 37.6 Å². The van der Waals surface area contributed by atoms with Crippen LogP contribution in [0.5, 0.6) is 0 Å². The summed E-state index contributed by atoms with van der Waals surface area (Å²) < 4.78 is 1.69. The maximum absolute atomic E-state index is 4.44. The smallest absolute Gasteiger partial charge is 0.183 e. The number of anilines is 1. The van der Waals surface area contributed by atoms with E-state index in [2.05, 4.69) is 47.2 Å². The fourth-order valence-electron chi connectivity index (χ4n) is 3.09.